The molecular formula is C16H19FN4OS. The first-order chi connectivity index (χ1) is 11.0. The maximum atomic E-state index is 12.9. The normalized spacial score (nSPS) is 13.3. The predicted molar refractivity (Wildman–Crippen MR) is 88.5 cm³/mol. The molecule has 0 saturated carbocycles. The highest BCUT2D eigenvalue weighted by Gasteiger charge is 2.19. The summed E-state index contributed by atoms with van der Waals surface area (Å²) in [4.78, 5) is 12.3. The van der Waals surface area contributed by atoms with E-state index in [2.05, 4.69) is 22.1 Å². The number of rotatable bonds is 7. The van der Waals surface area contributed by atoms with E-state index in [-0.39, 0.29) is 23.0 Å². The standard InChI is InChI=1S/C16H19FN4OS/c1-4-9-21-10-18-20-16(21)23-12(3)15(22)19-11(2)13-5-7-14(17)8-6-13/h4-8,10-12H,1,9H2,2-3H3,(H,19,22). The number of allylic oxidation sites excluding steroid dienone is 1. The van der Waals surface area contributed by atoms with Gasteiger partial charge in [0.05, 0.1) is 11.3 Å². The molecule has 0 spiro atoms. The van der Waals surface area contributed by atoms with E-state index in [0.29, 0.717) is 11.7 Å². The molecule has 122 valence electrons. The Bertz CT molecular complexity index is 671. The molecule has 0 fully saturated rings. The molecule has 5 nitrogen and oxygen atoms in total. The van der Waals surface area contributed by atoms with E-state index in [1.165, 1.54) is 23.9 Å². The number of carbonyl (C=O) groups is 1. The highest BCUT2D eigenvalue weighted by Crippen LogP contribution is 2.22. The second-order valence-electron chi connectivity index (χ2n) is 5.10. The lowest BCUT2D eigenvalue weighted by atomic mass is 10.1. The summed E-state index contributed by atoms with van der Waals surface area (Å²) >= 11 is 1.33. The number of carbonyl (C=O) groups excluding carboxylic acids is 1. The van der Waals surface area contributed by atoms with Crippen LogP contribution in [0.3, 0.4) is 0 Å². The quantitative estimate of drug-likeness (QED) is 0.625. The second-order valence-corrected chi connectivity index (χ2v) is 6.40. The van der Waals surface area contributed by atoms with Gasteiger partial charge in [0, 0.05) is 6.54 Å². The third-order valence-corrected chi connectivity index (χ3v) is 4.38. The summed E-state index contributed by atoms with van der Waals surface area (Å²) in [5.41, 5.74) is 0.853. The molecule has 0 radical (unpaired) electrons. The van der Waals surface area contributed by atoms with Gasteiger partial charge in [-0.3, -0.25) is 4.79 Å². The minimum absolute atomic E-state index is 0.111. The zero-order chi connectivity index (χ0) is 16.8. The summed E-state index contributed by atoms with van der Waals surface area (Å²) in [6, 6.07) is 5.90. The van der Waals surface area contributed by atoms with Crippen molar-refractivity contribution in [1.29, 1.82) is 0 Å². The highest BCUT2D eigenvalue weighted by atomic mass is 32.2. The van der Waals surface area contributed by atoms with Crippen molar-refractivity contribution in [3.63, 3.8) is 0 Å². The molecule has 1 aromatic carbocycles. The number of nitrogens with one attached hydrogen (secondary N) is 1. The van der Waals surface area contributed by atoms with E-state index in [1.807, 2.05) is 18.4 Å². The van der Waals surface area contributed by atoms with Crippen molar-refractivity contribution in [2.75, 3.05) is 0 Å². The Labute approximate surface area is 139 Å². The zero-order valence-corrected chi connectivity index (χ0v) is 13.9. The Balaban J connectivity index is 1.95. The molecule has 0 aliphatic heterocycles. The number of halogens is 1. The SMILES string of the molecule is C=CCn1cnnc1SC(C)C(=O)NC(C)c1ccc(F)cc1. The van der Waals surface area contributed by atoms with Crippen LogP contribution in [-0.4, -0.2) is 25.9 Å². The van der Waals surface area contributed by atoms with Crippen molar-refractivity contribution in [2.45, 2.75) is 36.8 Å². The van der Waals surface area contributed by atoms with Gasteiger partial charge in [-0.2, -0.15) is 0 Å². The fourth-order valence-corrected chi connectivity index (χ4v) is 2.82. The molecule has 1 aromatic heterocycles. The Morgan fingerprint density at radius 2 is 2.13 bits per heavy atom. The first-order valence-corrected chi connectivity index (χ1v) is 8.10. The van der Waals surface area contributed by atoms with Gasteiger partial charge in [-0.25, -0.2) is 4.39 Å². The minimum Gasteiger partial charge on any atom is -0.349 e. The number of aromatic nitrogens is 3. The third kappa shape index (κ3) is 4.66. The van der Waals surface area contributed by atoms with Crippen LogP contribution < -0.4 is 5.32 Å². The highest BCUT2D eigenvalue weighted by molar-refractivity contribution is 8.00. The molecular weight excluding hydrogens is 315 g/mol. The van der Waals surface area contributed by atoms with Crippen LogP contribution in [0.4, 0.5) is 4.39 Å². The van der Waals surface area contributed by atoms with Crippen LogP contribution in [0.15, 0.2) is 48.4 Å². The Morgan fingerprint density at radius 3 is 2.78 bits per heavy atom. The summed E-state index contributed by atoms with van der Waals surface area (Å²) in [6.07, 6.45) is 3.35. The number of thioether (sulfide) groups is 1. The lowest BCUT2D eigenvalue weighted by Crippen LogP contribution is -2.33. The van der Waals surface area contributed by atoms with Crippen molar-refractivity contribution in [3.8, 4) is 0 Å². The van der Waals surface area contributed by atoms with Gasteiger partial charge >= 0.3 is 0 Å². The Hall–Kier alpha value is -2.15. The van der Waals surface area contributed by atoms with Crippen LogP contribution in [0.25, 0.3) is 0 Å². The summed E-state index contributed by atoms with van der Waals surface area (Å²) in [7, 11) is 0. The Morgan fingerprint density at radius 1 is 1.43 bits per heavy atom. The fourth-order valence-electron chi connectivity index (χ4n) is 1.98. The van der Waals surface area contributed by atoms with Crippen LogP contribution in [0.2, 0.25) is 0 Å². The van der Waals surface area contributed by atoms with Gasteiger partial charge in [0.1, 0.15) is 12.1 Å². The maximum Gasteiger partial charge on any atom is 0.233 e. The number of hydrogen-bond donors (Lipinski definition) is 1. The van der Waals surface area contributed by atoms with Crippen molar-refractivity contribution >= 4 is 17.7 Å². The largest absolute Gasteiger partial charge is 0.349 e. The van der Waals surface area contributed by atoms with Crippen LogP contribution in [0.5, 0.6) is 0 Å². The van der Waals surface area contributed by atoms with Crippen molar-refractivity contribution < 1.29 is 9.18 Å². The van der Waals surface area contributed by atoms with Gasteiger partial charge in [-0.15, -0.1) is 16.8 Å². The fraction of sp³-hybridized carbons (Fsp3) is 0.312. The van der Waals surface area contributed by atoms with E-state index < -0.39 is 0 Å². The molecule has 2 rings (SSSR count). The van der Waals surface area contributed by atoms with E-state index in [9.17, 15) is 9.18 Å². The molecule has 1 heterocycles. The van der Waals surface area contributed by atoms with Crippen LogP contribution in [-0.2, 0) is 11.3 Å². The molecule has 0 bridgehead atoms. The first kappa shape index (κ1) is 17.2. The molecule has 0 aliphatic rings. The third-order valence-electron chi connectivity index (χ3n) is 3.29. The molecule has 0 saturated heterocycles. The van der Waals surface area contributed by atoms with Crippen molar-refractivity contribution in [3.05, 3.63) is 54.6 Å². The van der Waals surface area contributed by atoms with Gasteiger partial charge in [0.2, 0.25) is 5.91 Å². The molecule has 2 aromatic rings. The van der Waals surface area contributed by atoms with E-state index in [1.54, 1.807) is 24.5 Å². The van der Waals surface area contributed by atoms with Gasteiger partial charge in [0.15, 0.2) is 5.16 Å². The van der Waals surface area contributed by atoms with E-state index in [0.717, 1.165) is 5.56 Å². The summed E-state index contributed by atoms with van der Waals surface area (Å²) in [5.74, 6) is -0.405. The molecule has 2 atom stereocenters. The van der Waals surface area contributed by atoms with Gasteiger partial charge in [-0.1, -0.05) is 30.0 Å². The molecule has 7 heteroatoms. The number of amides is 1. The van der Waals surface area contributed by atoms with Gasteiger partial charge in [0.25, 0.3) is 0 Å². The van der Waals surface area contributed by atoms with Crippen LogP contribution >= 0.6 is 11.8 Å². The molecule has 1 amide bonds. The molecule has 1 N–H and O–H groups in total. The number of hydrogen-bond acceptors (Lipinski definition) is 4. The molecule has 0 aliphatic carbocycles. The van der Waals surface area contributed by atoms with Crippen LogP contribution in [0, 0.1) is 5.82 Å². The molecule has 2 unspecified atom stereocenters. The summed E-state index contributed by atoms with van der Waals surface area (Å²) < 4.78 is 14.8. The Kier molecular flexibility index (Phi) is 5.92. The zero-order valence-electron chi connectivity index (χ0n) is 13.1. The predicted octanol–water partition coefficient (Wildman–Crippen LogP) is 2.96. The number of benzene rings is 1. The second kappa shape index (κ2) is 7.92. The average molecular weight is 334 g/mol. The summed E-state index contributed by atoms with van der Waals surface area (Å²) in [5, 5.41) is 11.1. The van der Waals surface area contributed by atoms with Gasteiger partial charge in [-0.05, 0) is 31.5 Å². The lowest BCUT2D eigenvalue weighted by molar-refractivity contribution is -0.120. The minimum atomic E-state index is -0.328. The summed E-state index contributed by atoms with van der Waals surface area (Å²) in [6.45, 7) is 7.94. The smallest absolute Gasteiger partial charge is 0.233 e. The topological polar surface area (TPSA) is 59.8 Å². The monoisotopic (exact) mass is 334 g/mol. The van der Waals surface area contributed by atoms with E-state index in [4.69, 9.17) is 0 Å². The van der Waals surface area contributed by atoms with E-state index >= 15 is 0 Å². The average Bonchev–Trinajstić information content (AvgIpc) is 2.95. The van der Waals surface area contributed by atoms with Crippen molar-refractivity contribution in [1.82, 2.24) is 20.1 Å². The first-order valence-electron chi connectivity index (χ1n) is 7.22. The molecule has 23 heavy (non-hydrogen) atoms. The number of nitrogens with zero attached hydrogens (tertiary/aromatic N) is 3. The lowest BCUT2D eigenvalue weighted by Gasteiger charge is -2.17. The van der Waals surface area contributed by atoms with Gasteiger partial charge < -0.3 is 9.88 Å². The maximum absolute atomic E-state index is 12.9. The van der Waals surface area contributed by atoms with Crippen molar-refractivity contribution in [2.24, 2.45) is 0 Å². The van der Waals surface area contributed by atoms with Crippen LogP contribution in [0.1, 0.15) is 25.5 Å².